The summed E-state index contributed by atoms with van der Waals surface area (Å²) in [4.78, 5) is 10.0. The lowest BCUT2D eigenvalue weighted by Crippen LogP contribution is -2.44. The minimum atomic E-state index is 0. The van der Waals surface area contributed by atoms with Gasteiger partial charge in [0.15, 0.2) is 0 Å². The zero-order valence-electron chi connectivity index (χ0n) is 19.7. The van der Waals surface area contributed by atoms with E-state index >= 15 is 0 Å². The molecule has 1 aliphatic rings. The molecule has 3 aromatic carbocycles. The summed E-state index contributed by atoms with van der Waals surface area (Å²) in [6, 6.07) is 30.5. The number of piperidine rings is 1. The third-order valence-corrected chi connectivity index (χ3v) is 7.31. The molecule has 1 aromatic heterocycles. The van der Waals surface area contributed by atoms with Gasteiger partial charge in [-0.1, -0.05) is 72.3 Å². The first-order valence-electron chi connectivity index (χ1n) is 11.8. The summed E-state index contributed by atoms with van der Waals surface area (Å²) in [5, 5.41) is 1.87. The number of rotatable bonds is 5. The highest BCUT2D eigenvalue weighted by molar-refractivity contribution is 6.31. The fourth-order valence-electron chi connectivity index (χ4n) is 5.03. The van der Waals surface area contributed by atoms with E-state index in [0.29, 0.717) is 12.1 Å². The highest BCUT2D eigenvalue weighted by atomic mass is 35.5. The Kier molecular flexibility index (Phi) is 7.77. The molecule has 34 heavy (non-hydrogen) atoms. The molecular weight excluding hydrogens is 461 g/mol. The zero-order valence-corrected chi connectivity index (χ0v) is 21.3. The van der Waals surface area contributed by atoms with E-state index < -0.39 is 0 Å². The van der Waals surface area contributed by atoms with Gasteiger partial charge >= 0.3 is 0 Å². The van der Waals surface area contributed by atoms with Crippen LogP contribution in [0.2, 0.25) is 5.02 Å². The summed E-state index contributed by atoms with van der Waals surface area (Å²) in [6.07, 6.45) is 2.29. The highest BCUT2D eigenvalue weighted by Crippen LogP contribution is 2.35. The van der Waals surface area contributed by atoms with E-state index in [1.165, 1.54) is 11.3 Å². The van der Waals surface area contributed by atoms with Crippen LogP contribution in [0, 0.1) is 0 Å². The number of nitrogens with zero attached hydrogens (tertiary/aromatic N) is 3. The van der Waals surface area contributed by atoms with E-state index in [0.717, 1.165) is 53.1 Å². The summed E-state index contributed by atoms with van der Waals surface area (Å²) in [6.45, 7) is 4.53. The lowest BCUT2D eigenvalue weighted by atomic mass is 9.98. The monoisotopic (exact) mass is 491 g/mol. The van der Waals surface area contributed by atoms with Crippen LogP contribution >= 0.6 is 24.0 Å². The first-order valence-corrected chi connectivity index (χ1v) is 12.2. The molecule has 1 atom stereocenters. The fraction of sp³-hybridized carbons (Fsp3) is 0.276. The van der Waals surface area contributed by atoms with E-state index in [9.17, 15) is 0 Å². The van der Waals surface area contributed by atoms with Crippen LogP contribution in [0.5, 0.6) is 0 Å². The Balaban J connectivity index is 0.00000274. The topological polar surface area (TPSA) is 19.4 Å². The molecule has 1 saturated heterocycles. The van der Waals surface area contributed by atoms with Crippen molar-refractivity contribution in [3.8, 4) is 11.3 Å². The van der Waals surface area contributed by atoms with Crippen molar-refractivity contribution in [3.63, 3.8) is 0 Å². The van der Waals surface area contributed by atoms with Crippen LogP contribution in [0.25, 0.3) is 22.2 Å². The molecular formula is C29H31Cl2N3. The van der Waals surface area contributed by atoms with Gasteiger partial charge in [0.25, 0.3) is 0 Å². The van der Waals surface area contributed by atoms with Gasteiger partial charge in [0.2, 0.25) is 0 Å². The average Bonchev–Trinajstić information content (AvgIpc) is 2.88. The molecule has 0 bridgehead atoms. The van der Waals surface area contributed by atoms with E-state index in [1.54, 1.807) is 0 Å². The number of likely N-dealkylation sites (tertiary alicyclic amines) is 1. The van der Waals surface area contributed by atoms with Crippen molar-refractivity contribution in [3.05, 3.63) is 95.5 Å². The Morgan fingerprint density at radius 3 is 2.24 bits per heavy atom. The minimum absolute atomic E-state index is 0. The van der Waals surface area contributed by atoms with E-state index in [2.05, 4.69) is 90.5 Å². The SMILES string of the molecule is CC(c1ccccc1)N1CCC(N(C)c2cc(-c3ccccc3)nc3cc(Cl)ccc23)CC1.Cl. The Morgan fingerprint density at radius 2 is 1.56 bits per heavy atom. The maximum atomic E-state index is 6.33. The van der Waals surface area contributed by atoms with Gasteiger partial charge in [0.1, 0.15) is 0 Å². The number of aromatic nitrogens is 1. The molecule has 0 saturated carbocycles. The number of anilines is 1. The van der Waals surface area contributed by atoms with Gasteiger partial charge in [0, 0.05) is 53.9 Å². The summed E-state index contributed by atoms with van der Waals surface area (Å²) < 4.78 is 0. The number of halogens is 2. The smallest absolute Gasteiger partial charge is 0.0745 e. The van der Waals surface area contributed by atoms with Crippen molar-refractivity contribution >= 4 is 40.6 Å². The van der Waals surface area contributed by atoms with E-state index in [4.69, 9.17) is 16.6 Å². The van der Waals surface area contributed by atoms with Crippen LogP contribution in [0.15, 0.2) is 84.9 Å². The van der Waals surface area contributed by atoms with Gasteiger partial charge in [-0.3, -0.25) is 4.90 Å². The average molecular weight is 492 g/mol. The summed E-state index contributed by atoms with van der Waals surface area (Å²) in [5.74, 6) is 0. The molecule has 0 amide bonds. The first kappa shape index (κ1) is 24.5. The molecule has 0 N–H and O–H groups in total. The summed E-state index contributed by atoms with van der Waals surface area (Å²) in [7, 11) is 2.24. The number of fused-ring (bicyclic) bond motifs is 1. The largest absolute Gasteiger partial charge is 0.371 e. The van der Waals surface area contributed by atoms with Gasteiger partial charge in [-0.25, -0.2) is 4.98 Å². The molecule has 2 heterocycles. The van der Waals surface area contributed by atoms with Crippen molar-refractivity contribution in [1.29, 1.82) is 0 Å². The van der Waals surface area contributed by atoms with Gasteiger partial charge in [-0.05, 0) is 49.6 Å². The van der Waals surface area contributed by atoms with Crippen molar-refractivity contribution in [1.82, 2.24) is 9.88 Å². The predicted molar refractivity (Wildman–Crippen MR) is 147 cm³/mol. The fourth-order valence-corrected chi connectivity index (χ4v) is 5.20. The molecule has 0 radical (unpaired) electrons. The maximum absolute atomic E-state index is 6.33. The number of hydrogen-bond acceptors (Lipinski definition) is 3. The Labute approximate surface area is 213 Å². The molecule has 4 aromatic rings. The first-order chi connectivity index (χ1) is 16.1. The van der Waals surface area contributed by atoms with Crippen molar-refractivity contribution < 1.29 is 0 Å². The zero-order chi connectivity index (χ0) is 22.8. The number of pyridine rings is 1. The lowest BCUT2D eigenvalue weighted by molar-refractivity contribution is 0.162. The van der Waals surface area contributed by atoms with Crippen molar-refractivity contribution in [2.45, 2.75) is 31.8 Å². The molecule has 176 valence electrons. The molecule has 1 aliphatic heterocycles. The van der Waals surface area contributed by atoms with Gasteiger partial charge in [-0.2, -0.15) is 0 Å². The van der Waals surface area contributed by atoms with Crippen molar-refractivity contribution in [2.75, 3.05) is 25.0 Å². The van der Waals surface area contributed by atoms with Crippen molar-refractivity contribution in [2.24, 2.45) is 0 Å². The third-order valence-electron chi connectivity index (χ3n) is 7.08. The molecule has 0 spiro atoms. The summed E-state index contributed by atoms with van der Waals surface area (Å²) in [5.41, 5.74) is 5.68. The molecule has 0 aliphatic carbocycles. The Bertz CT molecular complexity index is 1220. The lowest BCUT2D eigenvalue weighted by Gasteiger charge is -2.40. The standard InChI is InChI=1S/C29H30ClN3.ClH/c1-21(22-9-5-3-6-10-22)33-17-15-25(16-18-33)32(2)29-20-27(23-11-7-4-8-12-23)31-28-19-24(30)13-14-26(28)29;/h3-14,19-21,25H,15-18H2,1-2H3;1H. The molecule has 5 rings (SSSR count). The van der Waals surface area contributed by atoms with Gasteiger partial charge in [0.05, 0.1) is 11.2 Å². The van der Waals surface area contributed by atoms with Crippen LogP contribution in [0.3, 0.4) is 0 Å². The van der Waals surface area contributed by atoms with Crippen LogP contribution in [0.1, 0.15) is 31.4 Å². The molecule has 1 unspecified atom stereocenters. The second kappa shape index (κ2) is 10.8. The van der Waals surface area contributed by atoms with Crippen LogP contribution in [-0.2, 0) is 0 Å². The Morgan fingerprint density at radius 1 is 0.912 bits per heavy atom. The van der Waals surface area contributed by atoms with Gasteiger partial charge < -0.3 is 4.90 Å². The molecule has 5 heteroatoms. The second-order valence-electron chi connectivity index (χ2n) is 9.02. The number of hydrogen-bond donors (Lipinski definition) is 0. The second-order valence-corrected chi connectivity index (χ2v) is 9.46. The maximum Gasteiger partial charge on any atom is 0.0745 e. The van der Waals surface area contributed by atoms with Crippen LogP contribution in [0.4, 0.5) is 5.69 Å². The molecule has 1 fully saturated rings. The van der Waals surface area contributed by atoms with E-state index in [1.807, 2.05) is 18.2 Å². The highest BCUT2D eigenvalue weighted by Gasteiger charge is 2.27. The predicted octanol–water partition coefficient (Wildman–Crippen LogP) is 7.64. The van der Waals surface area contributed by atoms with E-state index in [-0.39, 0.29) is 12.4 Å². The van der Waals surface area contributed by atoms with Crippen LogP contribution < -0.4 is 4.90 Å². The van der Waals surface area contributed by atoms with Gasteiger partial charge in [-0.15, -0.1) is 12.4 Å². The molecule has 3 nitrogen and oxygen atoms in total. The number of benzene rings is 3. The normalized spacial score (nSPS) is 15.6. The van der Waals surface area contributed by atoms with Crippen LogP contribution in [-0.4, -0.2) is 36.1 Å². The third kappa shape index (κ3) is 5.07. The Hall–Kier alpha value is -2.59. The minimum Gasteiger partial charge on any atom is -0.371 e. The summed E-state index contributed by atoms with van der Waals surface area (Å²) >= 11 is 6.33. The quantitative estimate of drug-likeness (QED) is 0.285.